The molecule has 0 amide bonds. The van der Waals surface area contributed by atoms with E-state index in [-0.39, 0.29) is 0 Å². The van der Waals surface area contributed by atoms with Crippen LogP contribution in [0.2, 0.25) is 0 Å². The van der Waals surface area contributed by atoms with Crippen molar-refractivity contribution < 1.29 is 0 Å². The van der Waals surface area contributed by atoms with Gasteiger partial charge in [-0.2, -0.15) is 10.5 Å². The summed E-state index contributed by atoms with van der Waals surface area (Å²) in [6, 6.07) is 12.1. The standard InChI is InChI=1S/C22H14N6/c23-12-20-21-6-5-18(27-21)10-16-2-1-14(25-16)9-15-3-4-17(26-15)11-19-7-8-22(20,13-24)28-19/h1-11,20,26-27H. The quantitative estimate of drug-likeness (QED) is 0.747. The molecule has 2 aromatic rings. The van der Waals surface area contributed by atoms with E-state index in [0.29, 0.717) is 11.4 Å². The third-order valence-electron chi connectivity index (χ3n) is 4.94. The number of hydrogen-bond donors (Lipinski definition) is 2. The second-order valence-corrected chi connectivity index (χ2v) is 6.84. The van der Waals surface area contributed by atoms with Crippen LogP contribution in [0.25, 0.3) is 18.2 Å². The van der Waals surface area contributed by atoms with Gasteiger partial charge in [0, 0.05) is 22.1 Å². The van der Waals surface area contributed by atoms with E-state index in [1.54, 1.807) is 12.2 Å². The van der Waals surface area contributed by atoms with Crippen molar-refractivity contribution in [3.05, 3.63) is 76.4 Å². The molecule has 0 saturated carbocycles. The molecule has 2 unspecified atom stereocenters. The van der Waals surface area contributed by atoms with Crippen molar-refractivity contribution in [2.45, 2.75) is 11.5 Å². The van der Waals surface area contributed by atoms with Crippen LogP contribution in [0.15, 0.2) is 64.3 Å². The molecule has 2 atom stereocenters. The van der Waals surface area contributed by atoms with Crippen LogP contribution in [0.3, 0.4) is 0 Å². The topological polar surface area (TPSA) is 104 Å². The van der Waals surface area contributed by atoms with Crippen LogP contribution >= 0.6 is 0 Å². The van der Waals surface area contributed by atoms with Gasteiger partial charge in [0.05, 0.1) is 29.3 Å². The number of nitrogens with one attached hydrogen (secondary N) is 2. The zero-order chi connectivity index (χ0) is 19.1. The van der Waals surface area contributed by atoms with Crippen LogP contribution in [-0.2, 0) is 0 Å². The molecule has 0 radical (unpaired) electrons. The Labute approximate surface area is 160 Å². The summed E-state index contributed by atoms with van der Waals surface area (Å²) >= 11 is 0. The van der Waals surface area contributed by atoms with E-state index in [1.807, 2.05) is 54.6 Å². The van der Waals surface area contributed by atoms with Gasteiger partial charge in [0.25, 0.3) is 0 Å². The van der Waals surface area contributed by atoms with Gasteiger partial charge in [-0.25, -0.2) is 4.99 Å². The van der Waals surface area contributed by atoms with Gasteiger partial charge < -0.3 is 9.97 Å². The second kappa shape index (κ2) is 5.94. The zero-order valence-corrected chi connectivity index (χ0v) is 14.7. The first kappa shape index (κ1) is 16.0. The van der Waals surface area contributed by atoms with Crippen molar-refractivity contribution in [1.29, 1.82) is 10.5 Å². The summed E-state index contributed by atoms with van der Waals surface area (Å²) in [7, 11) is 0. The molecular weight excluding hydrogens is 348 g/mol. The SMILES string of the molecule is N#CC1c2ccc([nH]2)C=C2C=CC(=N2)C=c2ccc([nH]2)=CC2=NC1(C#N)C=C2. The molecule has 132 valence electrons. The molecule has 5 heterocycles. The Morgan fingerprint density at radius 1 is 0.893 bits per heavy atom. The Hall–Kier alpha value is -4.16. The maximum Gasteiger partial charge on any atom is 0.187 e. The van der Waals surface area contributed by atoms with Crippen LogP contribution in [0.4, 0.5) is 0 Å². The largest absolute Gasteiger partial charge is 0.358 e. The highest BCUT2D eigenvalue weighted by atomic mass is 14.9. The fraction of sp³-hybridized carbons (Fsp3) is 0.0909. The number of allylic oxidation sites excluding steroid dienone is 3. The smallest absolute Gasteiger partial charge is 0.187 e. The third kappa shape index (κ3) is 2.56. The first-order valence-corrected chi connectivity index (χ1v) is 8.83. The van der Waals surface area contributed by atoms with Crippen LogP contribution in [-0.4, -0.2) is 26.9 Å². The van der Waals surface area contributed by atoms with E-state index < -0.39 is 11.5 Å². The lowest BCUT2D eigenvalue weighted by Crippen LogP contribution is -2.29. The summed E-state index contributed by atoms with van der Waals surface area (Å²) in [6.45, 7) is 0. The molecule has 28 heavy (non-hydrogen) atoms. The monoisotopic (exact) mass is 362 g/mol. The molecule has 0 aliphatic carbocycles. The molecule has 5 rings (SSSR count). The Balaban J connectivity index is 1.75. The molecule has 0 aromatic carbocycles. The normalized spacial score (nSPS) is 24.4. The number of hydrogen-bond acceptors (Lipinski definition) is 4. The van der Waals surface area contributed by atoms with Crippen molar-refractivity contribution >= 4 is 29.7 Å². The van der Waals surface area contributed by atoms with Gasteiger partial charge in [0.1, 0.15) is 5.92 Å². The Bertz CT molecular complexity index is 1340. The van der Waals surface area contributed by atoms with Crippen LogP contribution in [0.5, 0.6) is 0 Å². The molecule has 6 heteroatoms. The maximum absolute atomic E-state index is 9.87. The first-order valence-electron chi connectivity index (χ1n) is 8.83. The highest BCUT2D eigenvalue weighted by Crippen LogP contribution is 2.35. The van der Waals surface area contributed by atoms with E-state index in [1.165, 1.54) is 0 Å². The number of aromatic nitrogens is 2. The number of aromatic amines is 2. The fourth-order valence-electron chi connectivity index (χ4n) is 3.59. The van der Waals surface area contributed by atoms with Gasteiger partial charge in [0.15, 0.2) is 5.54 Å². The molecule has 2 aromatic heterocycles. The Kier molecular flexibility index (Phi) is 3.40. The number of nitrogens with zero attached hydrogens (tertiary/aromatic N) is 4. The summed E-state index contributed by atoms with van der Waals surface area (Å²) in [6.07, 6.45) is 13.1. The zero-order valence-electron chi connectivity index (χ0n) is 14.7. The van der Waals surface area contributed by atoms with Gasteiger partial charge in [-0.1, -0.05) is 0 Å². The fourth-order valence-corrected chi connectivity index (χ4v) is 3.59. The molecule has 3 aliphatic heterocycles. The molecule has 8 bridgehead atoms. The van der Waals surface area contributed by atoms with Gasteiger partial charge in [-0.05, 0) is 66.8 Å². The van der Waals surface area contributed by atoms with Crippen molar-refractivity contribution in [1.82, 2.24) is 9.97 Å². The minimum absolute atomic E-state index is 0.648. The van der Waals surface area contributed by atoms with Gasteiger partial charge in [0.2, 0.25) is 0 Å². The van der Waals surface area contributed by atoms with E-state index >= 15 is 0 Å². The van der Waals surface area contributed by atoms with Crippen molar-refractivity contribution in [2.24, 2.45) is 9.98 Å². The highest BCUT2D eigenvalue weighted by molar-refractivity contribution is 6.20. The minimum atomic E-state index is -1.26. The number of rotatable bonds is 0. The lowest BCUT2D eigenvalue weighted by Gasteiger charge is -2.20. The van der Waals surface area contributed by atoms with E-state index in [2.05, 4.69) is 32.1 Å². The van der Waals surface area contributed by atoms with E-state index in [4.69, 9.17) is 0 Å². The van der Waals surface area contributed by atoms with Crippen molar-refractivity contribution in [3.8, 4) is 12.1 Å². The molecule has 0 spiro atoms. The summed E-state index contributed by atoms with van der Waals surface area (Å²) in [5.41, 5.74) is 2.53. The summed E-state index contributed by atoms with van der Waals surface area (Å²) in [5.74, 6) is -0.745. The number of fused-ring (bicyclic) bond motifs is 6. The Morgan fingerprint density at radius 2 is 1.71 bits per heavy atom. The molecule has 0 saturated heterocycles. The average molecular weight is 362 g/mol. The summed E-state index contributed by atoms with van der Waals surface area (Å²) in [5, 5.41) is 21.5. The van der Waals surface area contributed by atoms with Crippen LogP contribution < -0.4 is 10.7 Å². The van der Waals surface area contributed by atoms with E-state index in [9.17, 15) is 10.5 Å². The van der Waals surface area contributed by atoms with Crippen molar-refractivity contribution in [2.75, 3.05) is 0 Å². The molecule has 3 aliphatic rings. The predicted molar refractivity (Wildman–Crippen MR) is 108 cm³/mol. The summed E-state index contributed by atoms with van der Waals surface area (Å²) < 4.78 is 0. The van der Waals surface area contributed by atoms with E-state index in [0.717, 1.165) is 27.8 Å². The maximum atomic E-state index is 9.87. The molecule has 6 nitrogen and oxygen atoms in total. The first-order chi connectivity index (χ1) is 13.7. The van der Waals surface area contributed by atoms with Crippen molar-refractivity contribution in [3.63, 3.8) is 0 Å². The van der Waals surface area contributed by atoms with Crippen LogP contribution in [0, 0.1) is 22.7 Å². The Morgan fingerprint density at radius 3 is 2.50 bits per heavy atom. The lowest BCUT2D eigenvalue weighted by molar-refractivity contribution is 0.608. The molecule has 2 N–H and O–H groups in total. The number of nitriles is 2. The molecule has 0 fully saturated rings. The number of aliphatic imine (C=N–C) groups is 2. The highest BCUT2D eigenvalue weighted by Gasteiger charge is 2.41. The van der Waals surface area contributed by atoms with Gasteiger partial charge in [-0.3, -0.25) is 4.99 Å². The average Bonchev–Trinajstić information content (AvgIpc) is 3.47. The number of H-pyrrole nitrogens is 2. The second-order valence-electron chi connectivity index (χ2n) is 6.84. The lowest BCUT2D eigenvalue weighted by atomic mass is 9.85. The van der Waals surface area contributed by atoms with Crippen LogP contribution in [0.1, 0.15) is 17.3 Å². The third-order valence-corrected chi connectivity index (χ3v) is 4.94. The summed E-state index contributed by atoms with van der Waals surface area (Å²) in [4.78, 5) is 15.7. The van der Waals surface area contributed by atoms with Gasteiger partial charge >= 0.3 is 0 Å². The minimum Gasteiger partial charge on any atom is -0.358 e. The van der Waals surface area contributed by atoms with Gasteiger partial charge in [-0.15, -0.1) is 0 Å². The molecular formula is C22H14N6. The predicted octanol–water partition coefficient (Wildman–Crippen LogP) is 1.85.